The normalized spacial score (nSPS) is 11.6. The fourth-order valence-electron chi connectivity index (χ4n) is 1.36. The minimum Gasteiger partial charge on any atom is -0.370 e. The molecule has 7 heteroatoms. The number of amides is 2. The van der Waals surface area contributed by atoms with Crippen molar-refractivity contribution in [2.75, 3.05) is 23.0 Å². The van der Waals surface area contributed by atoms with Gasteiger partial charge in [0.1, 0.15) is 0 Å². The number of carbonyl (C=O) groups is 2. The van der Waals surface area contributed by atoms with Gasteiger partial charge < -0.3 is 18.4 Å². The van der Waals surface area contributed by atoms with E-state index in [0.29, 0.717) is 12.2 Å². The molecular weight excluding hydrogens is 535 g/mol. The van der Waals surface area contributed by atoms with Gasteiger partial charge in [0.25, 0.3) is 0 Å². The van der Waals surface area contributed by atoms with Crippen LogP contribution < -0.4 is 11.5 Å². The molecule has 0 saturated heterocycles. The summed E-state index contributed by atoms with van der Waals surface area (Å²) >= 11 is 3.56. The molecule has 0 spiro atoms. The number of rotatable bonds is 12. The van der Waals surface area contributed by atoms with Crippen molar-refractivity contribution in [2.24, 2.45) is 17.4 Å². The van der Waals surface area contributed by atoms with Crippen molar-refractivity contribution < 1.29 is 9.59 Å². The van der Waals surface area contributed by atoms with Gasteiger partial charge in [0, 0.05) is 18.1 Å². The Balaban J connectivity index is 0. The van der Waals surface area contributed by atoms with Crippen LogP contribution >= 0.6 is 23.5 Å². The first kappa shape index (κ1) is 20.0. The second-order valence-electron chi connectivity index (χ2n) is 4.00. The maximum atomic E-state index is 11.2. The van der Waals surface area contributed by atoms with Gasteiger partial charge in [-0.05, 0) is 30.8 Å². The van der Waals surface area contributed by atoms with E-state index in [0.717, 1.165) is 23.7 Å². The number of primary amides is 2. The Morgan fingerprint density at radius 1 is 1.11 bits per heavy atom. The molecule has 0 aromatic rings. The number of unbranched alkanes of at least 4 members (excludes halogenated alkanes) is 1. The van der Waals surface area contributed by atoms with E-state index >= 15 is 0 Å². The van der Waals surface area contributed by atoms with Crippen LogP contribution in [0.5, 0.6) is 0 Å². The first-order valence-electron chi connectivity index (χ1n) is 6.10. The molecule has 0 saturated carbocycles. The van der Waals surface area contributed by atoms with Gasteiger partial charge in [-0.2, -0.15) is 23.5 Å². The predicted molar refractivity (Wildman–Crippen MR) is 80.4 cm³/mol. The zero-order chi connectivity index (χ0) is 13.8. The molecule has 0 fully saturated rings. The summed E-state index contributed by atoms with van der Waals surface area (Å²) in [6.45, 7) is 3.77. The number of nitrogens with two attached hydrogens (primary N) is 2. The molecule has 0 rings (SSSR count). The monoisotopic (exact) mass is 558 g/mol. The molecule has 0 aliphatic carbocycles. The van der Waals surface area contributed by atoms with Gasteiger partial charge >= 0.3 is 0 Å². The average molecular weight is 558 g/mol. The topological polar surface area (TPSA) is 86.2 Å². The molecule has 0 aromatic heterocycles. The average Bonchev–Trinajstić information content (AvgIpc) is 2.31. The Labute approximate surface area is 118 Å². The van der Waals surface area contributed by atoms with Crippen LogP contribution in [0.1, 0.15) is 25.7 Å². The molecule has 0 aromatic carbocycles. The summed E-state index contributed by atoms with van der Waals surface area (Å²) in [5.41, 5.74) is 10.3. The van der Waals surface area contributed by atoms with Crippen LogP contribution in [0, 0.1) is 12.8 Å². The van der Waals surface area contributed by atoms with E-state index in [1.165, 1.54) is 6.42 Å². The Morgan fingerprint density at radius 2 is 1.68 bits per heavy atom. The van der Waals surface area contributed by atoms with Crippen molar-refractivity contribution in [1.82, 2.24) is 0 Å². The van der Waals surface area contributed by atoms with Gasteiger partial charge in [-0.1, -0.05) is 0 Å². The van der Waals surface area contributed by atoms with Gasteiger partial charge in [0.2, 0.25) is 11.8 Å². The van der Waals surface area contributed by atoms with Gasteiger partial charge in [-0.25, -0.2) is 0 Å². The van der Waals surface area contributed by atoms with Crippen LogP contribution in [0.15, 0.2) is 0 Å². The quantitative estimate of drug-likeness (QED) is 0.281. The summed E-state index contributed by atoms with van der Waals surface area (Å²) in [7, 11) is 0. The van der Waals surface area contributed by atoms with Gasteiger partial charge in [0.15, 0.2) is 0 Å². The zero-order valence-electron chi connectivity index (χ0n) is 11.4. The number of thioether (sulfide) groups is 2. The molecule has 1 atom stereocenters. The van der Waals surface area contributed by atoms with Crippen molar-refractivity contribution in [3.8, 4) is 0 Å². The van der Waals surface area contributed by atoms with E-state index in [2.05, 4.69) is 6.92 Å². The smallest absolute Gasteiger partial charge is 0.221 e. The van der Waals surface area contributed by atoms with Crippen LogP contribution in [0.25, 0.3) is 0 Å². The van der Waals surface area contributed by atoms with E-state index in [1.54, 1.807) is 11.8 Å². The zero-order valence-corrected chi connectivity index (χ0v) is 19.5. The molecule has 0 bridgehead atoms. The van der Waals surface area contributed by atoms with Crippen LogP contribution in [-0.4, -0.2) is 34.8 Å². The first-order chi connectivity index (χ1) is 8.57. The Kier molecular flexibility index (Phi) is 13.7. The summed E-state index contributed by atoms with van der Waals surface area (Å²) in [6.07, 6.45) is 3.01. The molecule has 0 radical (unpaired) electrons. The second kappa shape index (κ2) is 13.1. The SMILES string of the molecule is [CH2-]CSCCCCSCC(CCC(N)=O)C(N)=O.[Rf]. The Hall–Kier alpha value is -1.36. The van der Waals surface area contributed by atoms with E-state index in [4.69, 9.17) is 11.5 Å². The van der Waals surface area contributed by atoms with Crippen molar-refractivity contribution in [1.29, 1.82) is 0 Å². The molecular formula is C12H23N2O2RfS2-. The van der Waals surface area contributed by atoms with E-state index in [-0.39, 0.29) is 24.2 Å². The maximum Gasteiger partial charge on any atom is 0.221 e. The van der Waals surface area contributed by atoms with Gasteiger partial charge in [0.05, 0.1) is 0 Å². The van der Waals surface area contributed by atoms with Crippen LogP contribution in [0.3, 0.4) is 0 Å². The number of hydrogen-bond donors (Lipinski definition) is 2. The van der Waals surface area contributed by atoms with Gasteiger partial charge in [-0.3, -0.25) is 9.59 Å². The van der Waals surface area contributed by atoms with Crippen molar-refractivity contribution in [3.63, 3.8) is 0 Å². The third-order valence-corrected chi connectivity index (χ3v) is 4.51. The van der Waals surface area contributed by atoms with Crippen molar-refractivity contribution in [3.05, 3.63) is 6.92 Å². The Morgan fingerprint density at radius 3 is 2.16 bits per heavy atom. The fraction of sp³-hybridized carbons (Fsp3) is 0.750. The van der Waals surface area contributed by atoms with E-state index < -0.39 is 0 Å². The Bertz CT molecular complexity index is 256. The molecule has 0 heterocycles. The molecule has 2 amide bonds. The molecule has 19 heavy (non-hydrogen) atoms. The molecule has 0 aliphatic rings. The molecule has 1 unspecified atom stereocenters. The van der Waals surface area contributed by atoms with Crippen LogP contribution in [-0.2, 0) is 9.59 Å². The van der Waals surface area contributed by atoms with E-state index in [9.17, 15) is 9.59 Å². The molecule has 108 valence electrons. The molecule has 4 nitrogen and oxygen atoms in total. The minimum absolute atomic E-state index is 0. The predicted octanol–water partition coefficient (Wildman–Crippen LogP) is 1.43. The number of carbonyl (C=O) groups excluding carboxylic acids is 2. The second-order valence-corrected chi connectivity index (χ2v) is 6.37. The minimum atomic E-state index is -0.378. The summed E-state index contributed by atoms with van der Waals surface area (Å²) in [4.78, 5) is 21.8. The molecule has 0 aliphatic heterocycles. The first-order valence-corrected chi connectivity index (χ1v) is 8.41. The number of hydrogen-bond acceptors (Lipinski definition) is 4. The largest absolute Gasteiger partial charge is 0.370 e. The third-order valence-electron chi connectivity index (χ3n) is 2.43. The van der Waals surface area contributed by atoms with E-state index in [1.807, 2.05) is 11.8 Å². The van der Waals surface area contributed by atoms with Gasteiger partial charge in [-0.15, -0.1) is 5.75 Å². The third kappa shape index (κ3) is 12.9. The van der Waals surface area contributed by atoms with Crippen LogP contribution in [0.2, 0.25) is 0 Å². The maximum absolute atomic E-state index is 11.2. The van der Waals surface area contributed by atoms with Crippen LogP contribution in [0.4, 0.5) is 0 Å². The fourth-order valence-corrected chi connectivity index (χ4v) is 3.16. The summed E-state index contributed by atoms with van der Waals surface area (Å²) in [5, 5.41) is 0. The summed E-state index contributed by atoms with van der Waals surface area (Å²) in [6, 6.07) is 0. The molecule has 4 N–H and O–H groups in total. The van der Waals surface area contributed by atoms with Crippen molar-refractivity contribution in [2.45, 2.75) is 25.7 Å². The summed E-state index contributed by atoms with van der Waals surface area (Å²) in [5.74, 6) is 2.82. The standard InChI is InChI=1S/C12H23N2O2S2.Rf/c1-2-17-7-3-4-8-18-9-10(12(14)16)5-6-11(13)15;/h10H,1-9H2,(H2,13,15)(H2,14,16);/q-1;. The summed E-state index contributed by atoms with van der Waals surface area (Å²) < 4.78 is 0. The van der Waals surface area contributed by atoms with Crippen molar-refractivity contribution >= 4 is 35.3 Å².